The zero-order chi connectivity index (χ0) is 47.4. The van der Waals surface area contributed by atoms with Crippen molar-refractivity contribution in [2.75, 3.05) is 0 Å². The average Bonchev–Trinajstić information content (AvgIpc) is 3.95. The van der Waals surface area contributed by atoms with Crippen LogP contribution in [0.5, 0.6) is 0 Å². The molecule has 3 heteroatoms. The molecule has 1 aliphatic rings. The maximum Gasteiger partial charge on any atom is 0.0992 e. The normalized spacial score (nSPS) is 13.2. The molecule has 0 bridgehead atoms. The Morgan fingerprint density at radius 1 is 0.394 bits per heavy atom. The lowest BCUT2D eigenvalue weighted by atomic mass is 9.90. The minimum Gasteiger partial charge on any atom is -0.310 e. The van der Waals surface area contributed by atoms with Gasteiger partial charge in [-0.25, -0.2) is 0 Å². The van der Waals surface area contributed by atoms with E-state index in [9.17, 15) is 5.26 Å². The highest BCUT2D eigenvalue weighted by Crippen LogP contribution is 2.39. The van der Waals surface area contributed by atoms with Gasteiger partial charge in [-0.1, -0.05) is 164 Å². The van der Waals surface area contributed by atoms with Gasteiger partial charge in [-0.2, -0.15) is 5.26 Å². The van der Waals surface area contributed by atoms with Crippen LogP contribution >= 0.6 is 0 Å². The van der Waals surface area contributed by atoms with Crippen LogP contribution in [0.4, 0.5) is 0 Å². The van der Waals surface area contributed by atoms with Crippen molar-refractivity contribution in [1.82, 2.24) is 9.13 Å². The third-order valence-electron chi connectivity index (χ3n) is 14.5. The van der Waals surface area contributed by atoms with Crippen LogP contribution in [0.3, 0.4) is 0 Å². The molecule has 1 aliphatic carbocycles. The van der Waals surface area contributed by atoms with E-state index in [0.717, 1.165) is 45.4 Å². The average molecular weight is 906 g/mol. The summed E-state index contributed by atoms with van der Waals surface area (Å²) in [6.07, 6.45) is 5.88. The van der Waals surface area contributed by atoms with Crippen LogP contribution < -0.4 is 10.6 Å². The standard InChI is InChI=1S/C68H47N3/c1-45-34-55(47-14-6-2-7-15-47)38-56(35-45)53-28-32-67-63(42-53)61-40-51(26-30-65(61)70(67)59-18-10-4-11-19-59)49-22-24-50(25-23-49)52-27-31-66-62(41-52)64-43-54(29-33-68(64)71(66)60-20-12-5-13-21-60)58-37-46(44-69)36-57(39-58)48-16-8-3-9-17-48/h2-25,27-43,51H,26H2,1H3. The van der Waals surface area contributed by atoms with Crippen LogP contribution in [0.15, 0.2) is 237 Å². The molecule has 0 aliphatic heterocycles. The Labute approximate surface area is 413 Å². The van der Waals surface area contributed by atoms with E-state index >= 15 is 0 Å². The molecule has 0 N–H and O–H groups in total. The van der Waals surface area contributed by atoms with E-state index in [2.05, 4.69) is 241 Å². The first kappa shape index (κ1) is 41.9. The van der Waals surface area contributed by atoms with Crippen LogP contribution in [-0.4, -0.2) is 9.13 Å². The van der Waals surface area contributed by atoms with E-state index < -0.39 is 0 Å². The topological polar surface area (TPSA) is 33.6 Å². The van der Waals surface area contributed by atoms with Crippen molar-refractivity contribution in [3.05, 3.63) is 264 Å². The van der Waals surface area contributed by atoms with Gasteiger partial charge in [0.25, 0.3) is 0 Å². The van der Waals surface area contributed by atoms with Crippen molar-refractivity contribution < 1.29 is 0 Å². The molecule has 0 radical (unpaired) electrons. The monoisotopic (exact) mass is 905 g/mol. The summed E-state index contributed by atoms with van der Waals surface area (Å²) in [5.41, 5.74) is 20.5. The molecule has 0 amide bonds. The quantitative estimate of drug-likeness (QED) is 0.150. The summed E-state index contributed by atoms with van der Waals surface area (Å²) in [6.45, 7) is 2.19. The smallest absolute Gasteiger partial charge is 0.0992 e. The van der Waals surface area contributed by atoms with Gasteiger partial charge in [0.2, 0.25) is 0 Å². The summed E-state index contributed by atoms with van der Waals surface area (Å²) < 4.78 is 4.81. The van der Waals surface area contributed by atoms with E-state index in [0.29, 0.717) is 5.56 Å². The Hall–Kier alpha value is -9.23. The zero-order valence-corrected chi connectivity index (χ0v) is 39.3. The van der Waals surface area contributed by atoms with Gasteiger partial charge in [-0.05, 0) is 165 Å². The summed E-state index contributed by atoms with van der Waals surface area (Å²) in [4.78, 5) is 0. The molecule has 3 nitrogen and oxygen atoms in total. The van der Waals surface area contributed by atoms with Crippen molar-refractivity contribution in [2.24, 2.45) is 0 Å². The predicted molar refractivity (Wildman–Crippen MR) is 296 cm³/mol. The van der Waals surface area contributed by atoms with Crippen molar-refractivity contribution in [3.8, 4) is 73.1 Å². The molecular weight excluding hydrogens is 859 g/mol. The first-order chi connectivity index (χ1) is 35.0. The fourth-order valence-electron chi connectivity index (χ4n) is 11.0. The Balaban J connectivity index is 0.892. The molecule has 10 aromatic carbocycles. The lowest BCUT2D eigenvalue weighted by Crippen LogP contribution is -2.31. The van der Waals surface area contributed by atoms with Crippen LogP contribution in [0.2, 0.25) is 0 Å². The second kappa shape index (κ2) is 17.4. The number of aryl methyl sites for hydroxylation is 1. The highest BCUT2D eigenvalue weighted by molar-refractivity contribution is 6.11. The first-order valence-corrected chi connectivity index (χ1v) is 24.5. The van der Waals surface area contributed by atoms with E-state index in [4.69, 9.17) is 0 Å². The minimum atomic E-state index is 0.227. The Kier molecular flexibility index (Phi) is 10.3. The lowest BCUT2D eigenvalue weighted by Gasteiger charge is -2.15. The summed E-state index contributed by atoms with van der Waals surface area (Å²) >= 11 is 0. The molecule has 71 heavy (non-hydrogen) atoms. The molecule has 0 saturated heterocycles. The summed E-state index contributed by atoms with van der Waals surface area (Å²) in [5, 5.41) is 16.3. The van der Waals surface area contributed by atoms with Crippen LogP contribution in [-0.2, 0) is 0 Å². The van der Waals surface area contributed by atoms with Crippen molar-refractivity contribution in [2.45, 2.75) is 19.3 Å². The van der Waals surface area contributed by atoms with Gasteiger partial charge in [-0.3, -0.25) is 0 Å². The van der Waals surface area contributed by atoms with Gasteiger partial charge in [-0.15, -0.1) is 0 Å². The lowest BCUT2D eigenvalue weighted by molar-refractivity contribution is 0.907. The molecular formula is C68H47N3. The second-order valence-electron chi connectivity index (χ2n) is 18.9. The summed E-state index contributed by atoms with van der Waals surface area (Å²) in [5.74, 6) is 0.227. The number of fused-ring (bicyclic) bond motifs is 6. The number of hydrogen-bond donors (Lipinski definition) is 0. The van der Waals surface area contributed by atoms with E-state index in [-0.39, 0.29) is 5.92 Å². The predicted octanol–water partition coefficient (Wildman–Crippen LogP) is 16.0. The maximum atomic E-state index is 10.1. The third kappa shape index (κ3) is 7.55. The molecule has 12 aromatic rings. The molecule has 2 heterocycles. The van der Waals surface area contributed by atoms with E-state index in [1.807, 2.05) is 30.3 Å². The fraction of sp³-hybridized carbons (Fsp3) is 0.0441. The van der Waals surface area contributed by atoms with Crippen LogP contribution in [0, 0.1) is 18.3 Å². The molecule has 1 unspecified atom stereocenters. The highest BCUT2D eigenvalue weighted by atomic mass is 15.0. The van der Waals surface area contributed by atoms with Crippen molar-refractivity contribution in [3.63, 3.8) is 0 Å². The Morgan fingerprint density at radius 3 is 1.37 bits per heavy atom. The maximum absolute atomic E-state index is 10.1. The molecule has 0 spiro atoms. The van der Waals surface area contributed by atoms with Crippen molar-refractivity contribution in [1.29, 1.82) is 5.26 Å². The van der Waals surface area contributed by atoms with Crippen molar-refractivity contribution >= 4 is 44.9 Å². The van der Waals surface area contributed by atoms with Gasteiger partial charge < -0.3 is 9.13 Å². The van der Waals surface area contributed by atoms with Gasteiger partial charge in [0.1, 0.15) is 0 Å². The number of hydrogen-bond acceptors (Lipinski definition) is 1. The van der Waals surface area contributed by atoms with E-state index in [1.54, 1.807) is 0 Å². The summed E-state index contributed by atoms with van der Waals surface area (Å²) in [7, 11) is 0. The molecule has 0 saturated carbocycles. The number of nitriles is 1. The van der Waals surface area contributed by atoms with Gasteiger partial charge in [0, 0.05) is 44.0 Å². The van der Waals surface area contributed by atoms with Gasteiger partial charge in [0.15, 0.2) is 0 Å². The largest absolute Gasteiger partial charge is 0.310 e. The number of aromatic nitrogens is 2. The molecule has 0 fully saturated rings. The first-order valence-electron chi connectivity index (χ1n) is 24.5. The molecule has 2 aromatic heterocycles. The zero-order valence-electron chi connectivity index (χ0n) is 39.3. The fourth-order valence-corrected chi connectivity index (χ4v) is 11.0. The highest BCUT2D eigenvalue weighted by Gasteiger charge is 2.20. The van der Waals surface area contributed by atoms with E-state index in [1.165, 1.54) is 82.4 Å². The number of rotatable bonds is 8. The minimum absolute atomic E-state index is 0.227. The number of nitrogens with zero attached hydrogens (tertiary/aromatic N) is 3. The molecule has 334 valence electrons. The molecule has 1 atom stereocenters. The van der Waals surface area contributed by atoms with Crippen LogP contribution in [0.1, 0.15) is 29.0 Å². The second-order valence-corrected chi connectivity index (χ2v) is 18.9. The molecule has 13 rings (SSSR count). The SMILES string of the molecule is Cc1cc(-c2ccccc2)cc(-c2ccc3c(c2)c2c(n3-c3ccccc3)=CCC(c3ccc(-c4ccc5c(c4)c4cc(-c6cc(C#N)cc(-c7ccccc7)c6)ccc4n5-c4ccccc4)cc3)C=2)c1. The van der Waals surface area contributed by atoms with Gasteiger partial charge >= 0.3 is 0 Å². The van der Waals surface area contributed by atoms with Gasteiger partial charge in [0.05, 0.1) is 28.2 Å². The Morgan fingerprint density at radius 2 is 0.817 bits per heavy atom. The summed E-state index contributed by atoms with van der Waals surface area (Å²) in [6, 6.07) is 87.8. The van der Waals surface area contributed by atoms with Crippen LogP contribution in [0.25, 0.3) is 112 Å². The number of benzene rings is 10. The Bertz CT molecular complexity index is 4180. The third-order valence-corrected chi connectivity index (χ3v) is 14.5. The number of para-hydroxylation sites is 2.